The third kappa shape index (κ3) is 2.38. The number of aromatic hydroxyl groups is 2. The Morgan fingerprint density at radius 2 is 1.59 bits per heavy atom. The summed E-state index contributed by atoms with van der Waals surface area (Å²) in [7, 11) is 1.27. The Kier molecular flexibility index (Phi) is 4.01. The van der Waals surface area contributed by atoms with Crippen molar-refractivity contribution in [3.05, 3.63) is 58.1 Å². The van der Waals surface area contributed by atoms with Gasteiger partial charge in [0.1, 0.15) is 29.8 Å². The molecule has 0 aromatic heterocycles. The van der Waals surface area contributed by atoms with E-state index in [2.05, 4.69) is 0 Å². The van der Waals surface area contributed by atoms with Crippen LogP contribution in [0.4, 0.5) is 0 Å². The first-order valence-corrected chi connectivity index (χ1v) is 8.18. The summed E-state index contributed by atoms with van der Waals surface area (Å²) in [5.41, 5.74) is -0.567. The lowest BCUT2D eigenvalue weighted by atomic mass is 9.81. The number of aliphatic hydroxyl groups is 2. The van der Waals surface area contributed by atoms with E-state index in [1.54, 1.807) is 12.1 Å². The van der Waals surface area contributed by atoms with Gasteiger partial charge in [-0.2, -0.15) is 0 Å². The number of carbonyl (C=O) groups excluding carboxylic acids is 2. The Balaban J connectivity index is 1.89. The number of phenols is 2. The molecule has 0 radical (unpaired) electrons. The zero-order valence-electron chi connectivity index (χ0n) is 14.1. The summed E-state index contributed by atoms with van der Waals surface area (Å²) in [6.07, 6.45) is -5.17. The zero-order valence-corrected chi connectivity index (χ0v) is 14.1. The molecule has 0 spiro atoms. The smallest absolute Gasteiger partial charge is 0.198 e. The van der Waals surface area contributed by atoms with Gasteiger partial charge < -0.3 is 29.9 Å². The van der Waals surface area contributed by atoms with Crippen molar-refractivity contribution < 1.29 is 39.5 Å². The lowest BCUT2D eigenvalue weighted by molar-refractivity contribution is -0.136. The van der Waals surface area contributed by atoms with Crippen molar-refractivity contribution in [1.82, 2.24) is 0 Å². The van der Waals surface area contributed by atoms with Gasteiger partial charge in [0.2, 0.25) is 0 Å². The molecule has 1 heterocycles. The molecule has 1 saturated heterocycles. The van der Waals surface area contributed by atoms with Gasteiger partial charge >= 0.3 is 0 Å². The van der Waals surface area contributed by atoms with Crippen molar-refractivity contribution in [1.29, 1.82) is 0 Å². The van der Waals surface area contributed by atoms with E-state index in [9.17, 15) is 30.0 Å². The maximum Gasteiger partial charge on any atom is 0.198 e. The molecule has 4 unspecified atom stereocenters. The minimum Gasteiger partial charge on any atom is -0.507 e. The van der Waals surface area contributed by atoms with Crippen LogP contribution in [0.2, 0.25) is 0 Å². The third-order valence-corrected chi connectivity index (χ3v) is 4.97. The number of methoxy groups -OCH3 is 1. The highest BCUT2D eigenvalue weighted by Gasteiger charge is 2.46. The molecule has 2 aromatic rings. The van der Waals surface area contributed by atoms with E-state index in [1.165, 1.54) is 19.2 Å². The Hall–Kier alpha value is -2.78. The van der Waals surface area contributed by atoms with Crippen LogP contribution in [0.15, 0.2) is 30.3 Å². The zero-order chi connectivity index (χ0) is 19.5. The molecule has 1 aliphatic carbocycles. The van der Waals surface area contributed by atoms with E-state index < -0.39 is 47.7 Å². The predicted octanol–water partition coefficient (Wildman–Crippen LogP) is 0.639. The van der Waals surface area contributed by atoms with Crippen LogP contribution in [0.3, 0.4) is 0 Å². The summed E-state index contributed by atoms with van der Waals surface area (Å²) in [5, 5.41) is 41.2. The van der Waals surface area contributed by atoms with Gasteiger partial charge in [-0.15, -0.1) is 0 Å². The highest BCUT2D eigenvalue weighted by molar-refractivity contribution is 6.30. The first-order valence-electron chi connectivity index (χ1n) is 8.18. The number of hydrogen-bond donors (Lipinski definition) is 4. The molecule has 140 valence electrons. The van der Waals surface area contributed by atoms with Crippen molar-refractivity contribution >= 4 is 11.6 Å². The lowest BCUT2D eigenvalue weighted by Gasteiger charge is -2.23. The molecule has 27 heavy (non-hydrogen) atoms. The molecule has 1 fully saturated rings. The van der Waals surface area contributed by atoms with Crippen LogP contribution < -0.4 is 0 Å². The molecule has 0 bridgehead atoms. The SMILES string of the molecule is COC1C(O)OC(c2cc(O)c3c(c2O)C(=O)c2ccccc2C3=O)C1O. The van der Waals surface area contributed by atoms with Crippen molar-refractivity contribution in [3.8, 4) is 11.5 Å². The molecular formula is C19H16O8. The number of phenolic OH excluding ortho intramolecular Hbond substituents is 2. The Labute approximate surface area is 153 Å². The molecule has 1 aliphatic heterocycles. The van der Waals surface area contributed by atoms with Crippen LogP contribution in [-0.2, 0) is 9.47 Å². The second-order valence-electron chi connectivity index (χ2n) is 6.43. The van der Waals surface area contributed by atoms with E-state index >= 15 is 0 Å². The monoisotopic (exact) mass is 372 g/mol. The van der Waals surface area contributed by atoms with Crippen LogP contribution in [0.5, 0.6) is 11.5 Å². The summed E-state index contributed by atoms with van der Waals surface area (Å²) in [4.78, 5) is 25.6. The van der Waals surface area contributed by atoms with Gasteiger partial charge in [0.05, 0.1) is 11.1 Å². The largest absolute Gasteiger partial charge is 0.507 e. The van der Waals surface area contributed by atoms with Crippen LogP contribution in [0.25, 0.3) is 0 Å². The molecule has 4 atom stereocenters. The van der Waals surface area contributed by atoms with Gasteiger partial charge in [-0.1, -0.05) is 24.3 Å². The van der Waals surface area contributed by atoms with Gasteiger partial charge in [-0.05, 0) is 6.07 Å². The van der Waals surface area contributed by atoms with E-state index in [1.807, 2.05) is 0 Å². The van der Waals surface area contributed by atoms with Crippen LogP contribution in [-0.4, -0.2) is 57.6 Å². The topological polar surface area (TPSA) is 134 Å². The second-order valence-corrected chi connectivity index (χ2v) is 6.43. The first kappa shape index (κ1) is 17.6. The van der Waals surface area contributed by atoms with Crippen molar-refractivity contribution in [3.63, 3.8) is 0 Å². The van der Waals surface area contributed by atoms with Crippen LogP contribution in [0.1, 0.15) is 43.5 Å². The molecule has 4 N–H and O–H groups in total. The summed E-state index contributed by atoms with van der Waals surface area (Å²) in [5.74, 6) is -2.35. The summed E-state index contributed by atoms with van der Waals surface area (Å²) < 4.78 is 10.2. The lowest BCUT2D eigenvalue weighted by Crippen LogP contribution is -2.32. The number of hydrogen-bond acceptors (Lipinski definition) is 8. The molecule has 0 amide bonds. The van der Waals surface area contributed by atoms with Gasteiger partial charge in [-0.3, -0.25) is 9.59 Å². The average molecular weight is 372 g/mol. The van der Waals surface area contributed by atoms with Gasteiger partial charge in [0.15, 0.2) is 17.9 Å². The quantitative estimate of drug-likeness (QED) is 0.482. The molecule has 2 aromatic carbocycles. The fourth-order valence-electron chi connectivity index (χ4n) is 3.66. The van der Waals surface area contributed by atoms with E-state index in [0.717, 1.165) is 6.07 Å². The minimum absolute atomic E-state index is 0.101. The van der Waals surface area contributed by atoms with E-state index in [0.29, 0.717) is 0 Å². The number of benzene rings is 2. The Morgan fingerprint density at radius 1 is 1.00 bits per heavy atom. The van der Waals surface area contributed by atoms with Crippen molar-refractivity contribution in [2.24, 2.45) is 0 Å². The minimum atomic E-state index is -1.47. The average Bonchev–Trinajstić information content (AvgIpc) is 2.94. The third-order valence-electron chi connectivity index (χ3n) is 4.97. The second kappa shape index (κ2) is 6.14. The Morgan fingerprint density at radius 3 is 2.15 bits per heavy atom. The van der Waals surface area contributed by atoms with Crippen LogP contribution >= 0.6 is 0 Å². The summed E-state index contributed by atoms with van der Waals surface area (Å²) >= 11 is 0. The highest BCUT2D eigenvalue weighted by Crippen LogP contribution is 2.45. The molecular weight excluding hydrogens is 356 g/mol. The molecule has 8 heteroatoms. The summed E-state index contributed by atoms with van der Waals surface area (Å²) in [6, 6.07) is 7.14. The number of ether oxygens (including phenoxy) is 2. The molecule has 0 saturated carbocycles. The maximum atomic E-state index is 12.9. The van der Waals surface area contributed by atoms with Gasteiger partial charge in [0, 0.05) is 23.8 Å². The van der Waals surface area contributed by atoms with Gasteiger partial charge in [0.25, 0.3) is 0 Å². The van der Waals surface area contributed by atoms with Crippen molar-refractivity contribution in [2.45, 2.75) is 24.6 Å². The Bertz CT molecular complexity index is 966. The van der Waals surface area contributed by atoms with E-state index in [-0.39, 0.29) is 27.8 Å². The predicted molar refractivity (Wildman–Crippen MR) is 89.7 cm³/mol. The normalized spacial score (nSPS) is 26.8. The van der Waals surface area contributed by atoms with Crippen molar-refractivity contribution in [2.75, 3.05) is 7.11 Å². The summed E-state index contributed by atoms with van der Waals surface area (Å²) in [6.45, 7) is 0. The highest BCUT2D eigenvalue weighted by atomic mass is 16.7. The number of aliphatic hydroxyl groups excluding tert-OH is 2. The van der Waals surface area contributed by atoms with E-state index in [4.69, 9.17) is 9.47 Å². The fraction of sp³-hybridized carbons (Fsp3) is 0.263. The molecule has 2 aliphatic rings. The number of rotatable bonds is 2. The first-order chi connectivity index (χ1) is 12.9. The molecule has 4 rings (SSSR count). The maximum absolute atomic E-state index is 12.9. The fourth-order valence-corrected chi connectivity index (χ4v) is 3.66. The standard InChI is InChI=1S/C19H16O8/c1-26-18-16(24)17(27-19(18)25)9-6-10(20)11-12(15(9)23)14(22)8-5-3-2-4-7(8)13(11)21/h2-6,16-20,23-25H,1H3. The van der Waals surface area contributed by atoms with Crippen LogP contribution in [0, 0.1) is 0 Å². The van der Waals surface area contributed by atoms with Gasteiger partial charge in [-0.25, -0.2) is 0 Å². The number of fused-ring (bicyclic) bond motifs is 2. The number of ketones is 2. The molecule has 8 nitrogen and oxygen atoms in total. The number of carbonyl (C=O) groups is 2.